The van der Waals surface area contributed by atoms with E-state index in [1.165, 1.54) is 4.52 Å². The molecule has 0 aromatic carbocycles. The quantitative estimate of drug-likeness (QED) is 0.838. The number of rotatable bonds is 1. The van der Waals surface area contributed by atoms with Gasteiger partial charge in [-0.05, 0) is 6.07 Å². The first-order chi connectivity index (χ1) is 9.20. The minimum Gasteiger partial charge on any atom is -0.381 e. The average Bonchev–Trinajstić information content (AvgIpc) is 2.80. The number of fused-ring (bicyclic) bond motifs is 1. The maximum Gasteiger partial charge on any atom is 0.169 e. The van der Waals surface area contributed by atoms with E-state index in [9.17, 15) is 4.39 Å². The predicted octanol–water partition coefficient (Wildman–Crippen LogP) is 1.39. The molecule has 0 amide bonds. The highest BCUT2D eigenvalue weighted by molar-refractivity contribution is 5.59. The lowest BCUT2D eigenvalue weighted by atomic mass is 10.0. The van der Waals surface area contributed by atoms with Gasteiger partial charge >= 0.3 is 0 Å². The van der Waals surface area contributed by atoms with E-state index in [4.69, 9.17) is 5.26 Å². The number of hydrogen-bond acceptors (Lipinski definition) is 4. The number of likely N-dealkylation sites (N-methyl/N-ethyl adjacent to an activating group) is 1. The molecule has 0 spiro atoms. The van der Waals surface area contributed by atoms with Gasteiger partial charge in [0.25, 0.3) is 0 Å². The highest BCUT2D eigenvalue weighted by Gasteiger charge is 2.21. The fourth-order valence-electron chi connectivity index (χ4n) is 2.33. The molecule has 0 radical (unpaired) electrons. The van der Waals surface area contributed by atoms with E-state index in [2.05, 4.69) is 10.4 Å². The second kappa shape index (κ2) is 4.28. The van der Waals surface area contributed by atoms with Gasteiger partial charge in [0.1, 0.15) is 17.3 Å². The Morgan fingerprint density at radius 2 is 2.37 bits per heavy atom. The third-order valence-electron chi connectivity index (χ3n) is 3.23. The summed E-state index contributed by atoms with van der Waals surface area (Å²) >= 11 is 0. The Balaban J connectivity index is 2.17. The number of aromatic nitrogens is 2. The van der Waals surface area contributed by atoms with Gasteiger partial charge in [-0.15, -0.1) is 0 Å². The standard InChI is InChI=1S/C13H12FN5/c1-18-5-4-16-12(8-18)10-3-2-9(6-15)19-13(10)11(14)7-17-19/h2-5,7,12,16H,8H2,1H3. The van der Waals surface area contributed by atoms with Crippen LogP contribution in [0.25, 0.3) is 5.52 Å². The van der Waals surface area contributed by atoms with Crippen molar-refractivity contribution in [1.82, 2.24) is 19.8 Å². The monoisotopic (exact) mass is 257 g/mol. The first kappa shape index (κ1) is 11.5. The molecular weight excluding hydrogens is 245 g/mol. The molecule has 3 heterocycles. The number of nitrogens with one attached hydrogen (secondary N) is 1. The van der Waals surface area contributed by atoms with E-state index < -0.39 is 5.82 Å². The minimum absolute atomic E-state index is 0.0311. The van der Waals surface area contributed by atoms with Gasteiger partial charge in [0, 0.05) is 31.6 Å². The Morgan fingerprint density at radius 3 is 3.11 bits per heavy atom. The van der Waals surface area contributed by atoms with Crippen molar-refractivity contribution >= 4 is 5.52 Å². The van der Waals surface area contributed by atoms with Crippen molar-refractivity contribution < 1.29 is 4.39 Å². The zero-order chi connectivity index (χ0) is 13.4. The van der Waals surface area contributed by atoms with E-state index in [0.717, 1.165) is 18.3 Å². The van der Waals surface area contributed by atoms with Crippen LogP contribution in [-0.4, -0.2) is 28.1 Å². The number of hydrogen-bond donors (Lipinski definition) is 1. The third kappa shape index (κ3) is 1.80. The van der Waals surface area contributed by atoms with E-state index >= 15 is 0 Å². The minimum atomic E-state index is -0.411. The van der Waals surface area contributed by atoms with Crippen LogP contribution in [0.2, 0.25) is 0 Å². The van der Waals surface area contributed by atoms with Crippen molar-refractivity contribution in [3.05, 3.63) is 47.8 Å². The van der Waals surface area contributed by atoms with Gasteiger partial charge in [-0.25, -0.2) is 8.91 Å². The van der Waals surface area contributed by atoms with Gasteiger partial charge < -0.3 is 10.2 Å². The molecule has 2 aromatic rings. The van der Waals surface area contributed by atoms with Crippen LogP contribution in [0, 0.1) is 17.1 Å². The molecule has 5 nitrogen and oxygen atoms in total. The summed E-state index contributed by atoms with van der Waals surface area (Å²) in [6, 6.07) is 5.42. The van der Waals surface area contributed by atoms with Crippen LogP contribution in [-0.2, 0) is 0 Å². The van der Waals surface area contributed by atoms with Crippen LogP contribution < -0.4 is 5.32 Å². The van der Waals surface area contributed by atoms with E-state index in [-0.39, 0.29) is 6.04 Å². The van der Waals surface area contributed by atoms with Gasteiger partial charge in [0.2, 0.25) is 0 Å². The molecule has 0 fully saturated rings. The summed E-state index contributed by atoms with van der Waals surface area (Å²) in [4.78, 5) is 2.02. The van der Waals surface area contributed by atoms with Gasteiger partial charge in [0.05, 0.1) is 12.2 Å². The second-order valence-corrected chi connectivity index (χ2v) is 4.51. The van der Waals surface area contributed by atoms with Crippen molar-refractivity contribution in [3.63, 3.8) is 0 Å². The van der Waals surface area contributed by atoms with Crippen LogP contribution >= 0.6 is 0 Å². The normalized spacial score (nSPS) is 18.4. The molecule has 0 aliphatic carbocycles. The number of nitriles is 1. The van der Waals surface area contributed by atoms with Gasteiger partial charge in [-0.3, -0.25) is 0 Å². The highest BCUT2D eigenvalue weighted by atomic mass is 19.1. The Bertz CT molecular complexity index is 697. The molecule has 1 atom stereocenters. The Morgan fingerprint density at radius 1 is 1.53 bits per heavy atom. The van der Waals surface area contributed by atoms with Crippen molar-refractivity contribution in [2.45, 2.75) is 6.04 Å². The average molecular weight is 257 g/mol. The van der Waals surface area contributed by atoms with Gasteiger partial charge in [-0.1, -0.05) is 6.07 Å². The number of nitrogens with zero attached hydrogens (tertiary/aromatic N) is 4. The number of halogens is 1. The maximum atomic E-state index is 13.9. The first-order valence-electron chi connectivity index (χ1n) is 5.90. The summed E-state index contributed by atoms with van der Waals surface area (Å²) in [7, 11) is 1.96. The fraction of sp³-hybridized carbons (Fsp3) is 0.231. The summed E-state index contributed by atoms with van der Waals surface area (Å²) in [5, 5.41) is 16.1. The molecule has 0 bridgehead atoms. The van der Waals surface area contributed by atoms with E-state index in [1.54, 1.807) is 12.1 Å². The van der Waals surface area contributed by atoms with Gasteiger partial charge in [-0.2, -0.15) is 10.4 Å². The summed E-state index contributed by atoms with van der Waals surface area (Å²) in [6.07, 6.45) is 4.89. The van der Waals surface area contributed by atoms with Crippen LogP contribution in [0.5, 0.6) is 0 Å². The zero-order valence-electron chi connectivity index (χ0n) is 10.3. The lowest BCUT2D eigenvalue weighted by molar-refractivity contribution is 0.367. The first-order valence-corrected chi connectivity index (χ1v) is 5.90. The molecule has 3 rings (SSSR count). The molecule has 19 heavy (non-hydrogen) atoms. The number of pyridine rings is 1. The molecule has 96 valence electrons. The van der Waals surface area contributed by atoms with Gasteiger partial charge in [0.15, 0.2) is 5.82 Å². The van der Waals surface area contributed by atoms with Crippen molar-refractivity contribution in [2.75, 3.05) is 13.6 Å². The maximum absolute atomic E-state index is 13.9. The van der Waals surface area contributed by atoms with Crippen molar-refractivity contribution in [2.24, 2.45) is 0 Å². The zero-order valence-corrected chi connectivity index (χ0v) is 10.3. The Hall–Kier alpha value is -2.55. The molecule has 6 heteroatoms. The van der Waals surface area contributed by atoms with E-state index in [0.29, 0.717) is 11.2 Å². The molecular formula is C13H12FN5. The van der Waals surface area contributed by atoms with Crippen LogP contribution in [0.4, 0.5) is 4.39 Å². The van der Waals surface area contributed by atoms with E-state index in [1.807, 2.05) is 30.4 Å². The third-order valence-corrected chi connectivity index (χ3v) is 3.23. The van der Waals surface area contributed by atoms with Crippen LogP contribution in [0.15, 0.2) is 30.7 Å². The summed E-state index contributed by atoms with van der Waals surface area (Å²) < 4.78 is 15.3. The van der Waals surface area contributed by atoms with Crippen LogP contribution in [0.1, 0.15) is 17.3 Å². The fourth-order valence-corrected chi connectivity index (χ4v) is 2.33. The molecule has 1 aliphatic heterocycles. The smallest absolute Gasteiger partial charge is 0.169 e. The summed E-state index contributed by atoms with van der Waals surface area (Å²) in [5.41, 5.74) is 1.48. The van der Waals surface area contributed by atoms with Crippen molar-refractivity contribution in [1.29, 1.82) is 5.26 Å². The highest BCUT2D eigenvalue weighted by Crippen LogP contribution is 2.25. The predicted molar refractivity (Wildman–Crippen MR) is 67.5 cm³/mol. The molecule has 1 unspecified atom stereocenters. The largest absolute Gasteiger partial charge is 0.381 e. The second-order valence-electron chi connectivity index (χ2n) is 4.51. The molecule has 1 aliphatic rings. The summed E-state index contributed by atoms with van der Waals surface area (Å²) in [5.74, 6) is -0.411. The molecule has 1 N–H and O–H groups in total. The Kier molecular flexibility index (Phi) is 2.60. The lowest BCUT2D eigenvalue weighted by Gasteiger charge is -2.28. The SMILES string of the molecule is CN1C=CNC(c2ccc(C#N)n3ncc(F)c23)C1. The molecule has 2 aromatic heterocycles. The van der Waals surface area contributed by atoms with Crippen molar-refractivity contribution in [3.8, 4) is 6.07 Å². The molecule has 0 saturated heterocycles. The lowest BCUT2D eigenvalue weighted by Crippen LogP contribution is -2.32. The molecule has 0 saturated carbocycles. The van der Waals surface area contributed by atoms with Crippen LogP contribution in [0.3, 0.4) is 0 Å². The Labute approximate surface area is 109 Å². The summed E-state index contributed by atoms with van der Waals surface area (Å²) in [6.45, 7) is 0.725. The topological polar surface area (TPSA) is 56.4 Å².